The average molecular weight is 276 g/mol. The van der Waals surface area contributed by atoms with Crippen molar-refractivity contribution < 1.29 is 9.32 Å². The molecular formula is C14H20N4O2. The van der Waals surface area contributed by atoms with Crippen LogP contribution in [0, 0.1) is 13.8 Å². The Morgan fingerprint density at radius 1 is 1.45 bits per heavy atom. The van der Waals surface area contributed by atoms with Gasteiger partial charge in [-0.2, -0.15) is 5.10 Å². The Morgan fingerprint density at radius 2 is 2.20 bits per heavy atom. The van der Waals surface area contributed by atoms with E-state index in [2.05, 4.69) is 34.5 Å². The minimum Gasteiger partial charge on any atom is -0.361 e. The van der Waals surface area contributed by atoms with E-state index in [1.54, 1.807) is 0 Å². The Labute approximate surface area is 117 Å². The molecule has 2 aromatic rings. The number of carbonyl (C=O) groups is 1. The predicted molar refractivity (Wildman–Crippen MR) is 75.6 cm³/mol. The first kappa shape index (κ1) is 14.3. The first-order valence-corrected chi connectivity index (χ1v) is 6.74. The minimum absolute atomic E-state index is 0.0631. The highest BCUT2D eigenvalue weighted by molar-refractivity contribution is 5.89. The maximum Gasteiger partial charge on any atom is 0.225 e. The summed E-state index contributed by atoms with van der Waals surface area (Å²) in [6.07, 6.45) is 1.00. The van der Waals surface area contributed by atoms with Crippen molar-refractivity contribution in [3.63, 3.8) is 0 Å². The highest BCUT2D eigenvalue weighted by atomic mass is 16.5. The quantitative estimate of drug-likeness (QED) is 0.879. The van der Waals surface area contributed by atoms with Crippen LogP contribution in [0.5, 0.6) is 0 Å². The molecule has 108 valence electrons. The summed E-state index contributed by atoms with van der Waals surface area (Å²) in [5.41, 5.74) is 2.85. The molecule has 2 aromatic heterocycles. The molecule has 0 unspecified atom stereocenters. The summed E-state index contributed by atoms with van der Waals surface area (Å²) in [5, 5.41) is 13.6. The van der Waals surface area contributed by atoms with Gasteiger partial charge >= 0.3 is 0 Å². The Morgan fingerprint density at radius 3 is 2.75 bits per heavy atom. The van der Waals surface area contributed by atoms with Crippen LogP contribution in [-0.4, -0.2) is 21.3 Å². The summed E-state index contributed by atoms with van der Waals surface area (Å²) < 4.78 is 5.08. The number of H-pyrrole nitrogens is 1. The lowest BCUT2D eigenvalue weighted by Gasteiger charge is -2.01. The third kappa shape index (κ3) is 3.26. The molecule has 6 heteroatoms. The largest absolute Gasteiger partial charge is 0.361 e. The topological polar surface area (TPSA) is 83.8 Å². The van der Waals surface area contributed by atoms with E-state index in [1.807, 2.05) is 19.9 Å². The van der Waals surface area contributed by atoms with Gasteiger partial charge in [-0.1, -0.05) is 19.0 Å². The average Bonchev–Trinajstić information content (AvgIpc) is 2.96. The second-order valence-corrected chi connectivity index (χ2v) is 5.21. The molecule has 0 saturated heterocycles. The summed E-state index contributed by atoms with van der Waals surface area (Å²) >= 11 is 0. The van der Waals surface area contributed by atoms with E-state index >= 15 is 0 Å². The molecule has 0 aliphatic rings. The van der Waals surface area contributed by atoms with Gasteiger partial charge in [0, 0.05) is 23.7 Å². The van der Waals surface area contributed by atoms with E-state index < -0.39 is 0 Å². The van der Waals surface area contributed by atoms with Crippen molar-refractivity contribution in [1.29, 1.82) is 0 Å². The van der Waals surface area contributed by atoms with Gasteiger partial charge in [-0.3, -0.25) is 9.89 Å². The summed E-state index contributed by atoms with van der Waals surface area (Å²) in [6.45, 7) is 7.87. The van der Waals surface area contributed by atoms with E-state index in [1.165, 1.54) is 0 Å². The number of nitrogens with one attached hydrogen (secondary N) is 2. The zero-order valence-electron chi connectivity index (χ0n) is 12.3. The first-order valence-electron chi connectivity index (χ1n) is 6.74. The molecular weight excluding hydrogens is 256 g/mol. The van der Waals surface area contributed by atoms with E-state index in [0.29, 0.717) is 24.6 Å². The number of hydrogen-bond donors (Lipinski definition) is 2. The second kappa shape index (κ2) is 5.90. The molecule has 2 rings (SSSR count). The Balaban J connectivity index is 1.89. The summed E-state index contributed by atoms with van der Waals surface area (Å²) in [6, 6.07) is 1.86. The summed E-state index contributed by atoms with van der Waals surface area (Å²) in [4.78, 5) is 11.9. The molecule has 0 fully saturated rings. The molecule has 0 bridgehead atoms. The van der Waals surface area contributed by atoms with Crippen molar-refractivity contribution in [2.75, 3.05) is 5.32 Å². The molecule has 0 saturated carbocycles. The molecule has 20 heavy (non-hydrogen) atoms. The smallest absolute Gasteiger partial charge is 0.225 e. The van der Waals surface area contributed by atoms with Crippen LogP contribution in [0.2, 0.25) is 0 Å². The number of carbonyl (C=O) groups excluding carboxylic acids is 1. The summed E-state index contributed by atoms with van der Waals surface area (Å²) in [5.74, 6) is 1.64. The van der Waals surface area contributed by atoms with Gasteiger partial charge < -0.3 is 9.84 Å². The zero-order chi connectivity index (χ0) is 14.7. The summed E-state index contributed by atoms with van der Waals surface area (Å²) in [7, 11) is 0. The van der Waals surface area contributed by atoms with Crippen molar-refractivity contribution in [1.82, 2.24) is 15.4 Å². The van der Waals surface area contributed by atoms with Crippen molar-refractivity contribution in [3.05, 3.63) is 28.8 Å². The lowest BCUT2D eigenvalue weighted by atomic mass is 10.1. The van der Waals surface area contributed by atoms with Crippen LogP contribution in [0.25, 0.3) is 0 Å². The number of aromatic amines is 1. The van der Waals surface area contributed by atoms with Crippen molar-refractivity contribution in [2.45, 2.75) is 46.5 Å². The molecule has 2 heterocycles. The van der Waals surface area contributed by atoms with Crippen LogP contribution < -0.4 is 5.32 Å². The number of amides is 1. The van der Waals surface area contributed by atoms with E-state index in [9.17, 15) is 4.79 Å². The molecule has 1 amide bonds. The molecule has 2 N–H and O–H groups in total. The van der Waals surface area contributed by atoms with Gasteiger partial charge in [0.2, 0.25) is 5.91 Å². The van der Waals surface area contributed by atoms with Crippen LogP contribution in [0.1, 0.15) is 48.9 Å². The number of anilines is 1. The lowest BCUT2D eigenvalue weighted by molar-refractivity contribution is -0.116. The van der Waals surface area contributed by atoms with Crippen LogP contribution in [0.15, 0.2) is 10.6 Å². The Hall–Kier alpha value is -2.11. The van der Waals surface area contributed by atoms with Crippen molar-refractivity contribution in [3.8, 4) is 0 Å². The van der Waals surface area contributed by atoms with E-state index in [-0.39, 0.29) is 5.91 Å². The van der Waals surface area contributed by atoms with Gasteiger partial charge in [-0.25, -0.2) is 0 Å². The number of rotatable bonds is 5. The van der Waals surface area contributed by atoms with Gasteiger partial charge in [0.15, 0.2) is 5.82 Å². The Kier molecular flexibility index (Phi) is 4.22. The fourth-order valence-electron chi connectivity index (χ4n) is 2.00. The molecule has 0 radical (unpaired) electrons. The molecule has 0 spiro atoms. The van der Waals surface area contributed by atoms with Gasteiger partial charge in [0.1, 0.15) is 5.76 Å². The van der Waals surface area contributed by atoms with Crippen LogP contribution in [0.4, 0.5) is 5.82 Å². The molecule has 6 nitrogen and oxygen atoms in total. The molecule has 0 aromatic carbocycles. The SMILES string of the molecule is Cc1noc(C)c1CCC(=O)Nc1cc(C(C)C)[nH]n1. The second-order valence-electron chi connectivity index (χ2n) is 5.21. The Bertz CT molecular complexity index is 579. The highest BCUT2D eigenvalue weighted by Crippen LogP contribution is 2.16. The number of aromatic nitrogens is 3. The van der Waals surface area contributed by atoms with Gasteiger partial charge in [0.25, 0.3) is 0 Å². The number of hydrogen-bond acceptors (Lipinski definition) is 4. The monoisotopic (exact) mass is 276 g/mol. The zero-order valence-corrected chi connectivity index (χ0v) is 12.3. The fraction of sp³-hybridized carbons (Fsp3) is 0.500. The highest BCUT2D eigenvalue weighted by Gasteiger charge is 2.12. The maximum absolute atomic E-state index is 11.9. The molecule has 0 atom stereocenters. The third-order valence-electron chi connectivity index (χ3n) is 3.27. The molecule has 0 aliphatic heterocycles. The van der Waals surface area contributed by atoms with Crippen LogP contribution in [-0.2, 0) is 11.2 Å². The molecule has 0 aliphatic carbocycles. The van der Waals surface area contributed by atoms with Crippen LogP contribution >= 0.6 is 0 Å². The predicted octanol–water partition coefficient (Wildman–Crippen LogP) is 2.71. The third-order valence-corrected chi connectivity index (χ3v) is 3.27. The maximum atomic E-state index is 11.9. The van der Waals surface area contributed by atoms with E-state index in [4.69, 9.17) is 4.52 Å². The van der Waals surface area contributed by atoms with Gasteiger partial charge in [0.05, 0.1) is 5.69 Å². The standard InChI is InChI=1S/C14H20N4O2/c1-8(2)12-7-13(17-16-12)15-14(19)6-5-11-9(3)18-20-10(11)4/h7-8H,5-6H2,1-4H3,(H2,15,16,17,19). The first-order chi connectivity index (χ1) is 9.47. The van der Waals surface area contributed by atoms with Crippen molar-refractivity contribution in [2.24, 2.45) is 0 Å². The van der Waals surface area contributed by atoms with E-state index in [0.717, 1.165) is 22.7 Å². The number of aryl methyl sites for hydroxylation is 2. The lowest BCUT2D eigenvalue weighted by Crippen LogP contribution is -2.13. The van der Waals surface area contributed by atoms with Crippen molar-refractivity contribution >= 4 is 11.7 Å². The normalized spacial score (nSPS) is 11.1. The minimum atomic E-state index is -0.0631. The van der Waals surface area contributed by atoms with Crippen LogP contribution in [0.3, 0.4) is 0 Å². The fourth-order valence-corrected chi connectivity index (χ4v) is 2.00. The van der Waals surface area contributed by atoms with Gasteiger partial charge in [-0.15, -0.1) is 0 Å². The van der Waals surface area contributed by atoms with Gasteiger partial charge in [-0.05, 0) is 26.2 Å². The number of nitrogens with zero attached hydrogens (tertiary/aromatic N) is 2.